The highest BCUT2D eigenvalue weighted by molar-refractivity contribution is 5.79. The van der Waals surface area contributed by atoms with Crippen LogP contribution in [-0.2, 0) is 4.74 Å². The Labute approximate surface area is 129 Å². The molecule has 0 spiro atoms. The van der Waals surface area contributed by atoms with Gasteiger partial charge in [-0.2, -0.15) is 0 Å². The van der Waals surface area contributed by atoms with Crippen molar-refractivity contribution < 1.29 is 9.47 Å². The predicted molar refractivity (Wildman–Crippen MR) is 86.0 cm³/mol. The minimum Gasteiger partial charge on any atom is -0.490 e. The van der Waals surface area contributed by atoms with Crippen LogP contribution in [0.15, 0.2) is 48.5 Å². The lowest BCUT2D eigenvalue weighted by atomic mass is 10.1. The monoisotopic (exact) mass is 294 g/mol. The lowest BCUT2D eigenvalue weighted by molar-refractivity contribution is 0.0256. The van der Waals surface area contributed by atoms with E-state index in [1.54, 1.807) is 0 Å². The second-order valence-corrected chi connectivity index (χ2v) is 5.56. The average molecular weight is 294 g/mol. The van der Waals surface area contributed by atoms with Gasteiger partial charge in [0.2, 0.25) is 0 Å². The SMILES string of the molecule is c1ccc2[nH]c(-c3ccc(OC4CCOCC4)cc3)nc2c1. The van der Waals surface area contributed by atoms with E-state index >= 15 is 0 Å². The summed E-state index contributed by atoms with van der Waals surface area (Å²) in [5, 5.41) is 0. The molecule has 1 aliphatic rings. The number of hydrogen-bond donors (Lipinski definition) is 1. The number of imidazole rings is 1. The fourth-order valence-corrected chi connectivity index (χ4v) is 2.77. The van der Waals surface area contributed by atoms with Gasteiger partial charge in [0.05, 0.1) is 24.2 Å². The summed E-state index contributed by atoms with van der Waals surface area (Å²) < 4.78 is 11.3. The zero-order valence-electron chi connectivity index (χ0n) is 12.3. The van der Waals surface area contributed by atoms with Crippen molar-refractivity contribution in [1.29, 1.82) is 0 Å². The average Bonchev–Trinajstić information content (AvgIpc) is 3.00. The summed E-state index contributed by atoms with van der Waals surface area (Å²) in [7, 11) is 0. The highest BCUT2D eigenvalue weighted by atomic mass is 16.5. The van der Waals surface area contributed by atoms with Gasteiger partial charge in [0.15, 0.2) is 0 Å². The summed E-state index contributed by atoms with van der Waals surface area (Å²) in [4.78, 5) is 7.96. The Balaban J connectivity index is 1.53. The number of hydrogen-bond acceptors (Lipinski definition) is 3. The number of rotatable bonds is 3. The van der Waals surface area contributed by atoms with Crippen LogP contribution in [0.4, 0.5) is 0 Å². The maximum atomic E-state index is 5.99. The predicted octanol–water partition coefficient (Wildman–Crippen LogP) is 3.79. The van der Waals surface area contributed by atoms with Crippen LogP contribution < -0.4 is 4.74 Å². The highest BCUT2D eigenvalue weighted by Gasteiger charge is 2.15. The van der Waals surface area contributed by atoms with Gasteiger partial charge >= 0.3 is 0 Å². The molecule has 0 radical (unpaired) electrons. The molecule has 1 aromatic heterocycles. The molecule has 1 aliphatic heterocycles. The lowest BCUT2D eigenvalue weighted by Gasteiger charge is -2.23. The number of aromatic amines is 1. The van der Waals surface area contributed by atoms with Crippen LogP contribution in [0.3, 0.4) is 0 Å². The Morgan fingerprint density at radius 2 is 1.77 bits per heavy atom. The summed E-state index contributed by atoms with van der Waals surface area (Å²) in [6, 6.07) is 16.2. The third-order valence-corrected chi connectivity index (χ3v) is 3.99. The van der Waals surface area contributed by atoms with E-state index in [1.165, 1.54) is 0 Å². The lowest BCUT2D eigenvalue weighted by Crippen LogP contribution is -2.25. The molecule has 1 N–H and O–H groups in total. The normalized spacial score (nSPS) is 16.0. The highest BCUT2D eigenvalue weighted by Crippen LogP contribution is 2.24. The summed E-state index contributed by atoms with van der Waals surface area (Å²) in [6.45, 7) is 1.59. The van der Waals surface area contributed by atoms with E-state index in [-0.39, 0.29) is 6.10 Å². The van der Waals surface area contributed by atoms with E-state index in [1.807, 2.05) is 48.5 Å². The molecule has 0 saturated carbocycles. The number of aromatic nitrogens is 2. The fourth-order valence-electron chi connectivity index (χ4n) is 2.77. The first-order valence-electron chi connectivity index (χ1n) is 7.68. The van der Waals surface area contributed by atoms with Crippen LogP contribution in [0, 0.1) is 0 Å². The molecule has 4 nitrogen and oxygen atoms in total. The molecule has 22 heavy (non-hydrogen) atoms. The van der Waals surface area contributed by atoms with Gasteiger partial charge in [0.25, 0.3) is 0 Å². The molecule has 0 atom stereocenters. The van der Waals surface area contributed by atoms with Crippen molar-refractivity contribution in [3.05, 3.63) is 48.5 Å². The molecule has 4 rings (SSSR count). The fraction of sp³-hybridized carbons (Fsp3) is 0.278. The molecule has 1 fully saturated rings. The summed E-state index contributed by atoms with van der Waals surface area (Å²) in [5.74, 6) is 1.80. The number of ether oxygens (including phenoxy) is 2. The van der Waals surface area contributed by atoms with Crippen molar-refractivity contribution in [2.24, 2.45) is 0 Å². The molecular formula is C18H18N2O2. The van der Waals surface area contributed by atoms with Crippen molar-refractivity contribution in [2.75, 3.05) is 13.2 Å². The van der Waals surface area contributed by atoms with Gasteiger partial charge < -0.3 is 14.5 Å². The van der Waals surface area contributed by atoms with Crippen molar-refractivity contribution >= 4 is 11.0 Å². The third-order valence-electron chi connectivity index (χ3n) is 3.99. The number of fused-ring (bicyclic) bond motifs is 1. The summed E-state index contributed by atoms with van der Waals surface area (Å²) >= 11 is 0. The number of para-hydroxylation sites is 2. The zero-order valence-corrected chi connectivity index (χ0v) is 12.3. The second kappa shape index (κ2) is 5.81. The molecule has 2 heterocycles. The first kappa shape index (κ1) is 13.3. The van der Waals surface area contributed by atoms with Crippen LogP contribution in [0.5, 0.6) is 5.75 Å². The van der Waals surface area contributed by atoms with Crippen LogP contribution in [0.25, 0.3) is 22.4 Å². The summed E-state index contributed by atoms with van der Waals surface area (Å²) in [5.41, 5.74) is 3.11. The van der Waals surface area contributed by atoms with Gasteiger partial charge in [0.1, 0.15) is 17.7 Å². The molecule has 0 aliphatic carbocycles. The smallest absolute Gasteiger partial charge is 0.138 e. The van der Waals surface area contributed by atoms with E-state index in [2.05, 4.69) is 9.97 Å². The number of nitrogens with one attached hydrogen (secondary N) is 1. The van der Waals surface area contributed by atoms with Crippen molar-refractivity contribution in [1.82, 2.24) is 9.97 Å². The van der Waals surface area contributed by atoms with Crippen molar-refractivity contribution in [3.8, 4) is 17.1 Å². The van der Waals surface area contributed by atoms with Crippen LogP contribution >= 0.6 is 0 Å². The maximum absolute atomic E-state index is 5.99. The van der Waals surface area contributed by atoms with Crippen molar-refractivity contribution in [2.45, 2.75) is 18.9 Å². The molecule has 4 heteroatoms. The van der Waals surface area contributed by atoms with Gasteiger partial charge in [-0.3, -0.25) is 0 Å². The van der Waals surface area contributed by atoms with E-state index in [4.69, 9.17) is 9.47 Å². The molecular weight excluding hydrogens is 276 g/mol. The number of nitrogens with zero attached hydrogens (tertiary/aromatic N) is 1. The van der Waals surface area contributed by atoms with E-state index in [0.29, 0.717) is 0 Å². The van der Waals surface area contributed by atoms with Gasteiger partial charge in [0, 0.05) is 18.4 Å². The quantitative estimate of drug-likeness (QED) is 0.799. The largest absolute Gasteiger partial charge is 0.490 e. The third kappa shape index (κ3) is 2.70. The molecule has 0 amide bonds. The van der Waals surface area contributed by atoms with Crippen LogP contribution in [0.1, 0.15) is 12.8 Å². The molecule has 1 saturated heterocycles. The zero-order chi connectivity index (χ0) is 14.8. The molecule has 2 aromatic carbocycles. The Hall–Kier alpha value is -2.33. The van der Waals surface area contributed by atoms with E-state index in [9.17, 15) is 0 Å². The molecule has 3 aromatic rings. The molecule has 0 bridgehead atoms. The topological polar surface area (TPSA) is 47.1 Å². The Kier molecular flexibility index (Phi) is 3.52. The Morgan fingerprint density at radius 1 is 1.00 bits per heavy atom. The number of H-pyrrole nitrogens is 1. The first-order chi connectivity index (χ1) is 10.9. The standard InChI is InChI=1S/C18H18N2O2/c1-2-4-17-16(3-1)19-18(20-17)13-5-7-14(8-6-13)22-15-9-11-21-12-10-15/h1-8,15H,9-12H2,(H,19,20). The Morgan fingerprint density at radius 3 is 2.55 bits per heavy atom. The van der Waals surface area contributed by atoms with Gasteiger partial charge in [-0.05, 0) is 36.4 Å². The van der Waals surface area contributed by atoms with E-state index in [0.717, 1.165) is 54.2 Å². The van der Waals surface area contributed by atoms with Gasteiger partial charge in [-0.15, -0.1) is 0 Å². The number of benzene rings is 2. The molecule has 112 valence electrons. The van der Waals surface area contributed by atoms with Gasteiger partial charge in [-0.1, -0.05) is 12.1 Å². The first-order valence-corrected chi connectivity index (χ1v) is 7.68. The minimum atomic E-state index is 0.269. The van der Waals surface area contributed by atoms with Crippen LogP contribution in [0.2, 0.25) is 0 Å². The van der Waals surface area contributed by atoms with Crippen molar-refractivity contribution in [3.63, 3.8) is 0 Å². The molecule has 0 unspecified atom stereocenters. The maximum Gasteiger partial charge on any atom is 0.138 e. The van der Waals surface area contributed by atoms with Gasteiger partial charge in [-0.25, -0.2) is 4.98 Å². The van der Waals surface area contributed by atoms with E-state index < -0.39 is 0 Å². The summed E-state index contributed by atoms with van der Waals surface area (Å²) in [6.07, 6.45) is 2.20. The minimum absolute atomic E-state index is 0.269. The second-order valence-electron chi connectivity index (χ2n) is 5.56. The Bertz CT molecular complexity index is 725. The van der Waals surface area contributed by atoms with Crippen LogP contribution in [-0.4, -0.2) is 29.3 Å².